The van der Waals surface area contributed by atoms with Crippen molar-refractivity contribution in [1.82, 2.24) is 10.3 Å². The molecular weight excluding hydrogens is 260 g/mol. The van der Waals surface area contributed by atoms with E-state index in [0.29, 0.717) is 0 Å². The molecular formula is C14H22N2S2. The van der Waals surface area contributed by atoms with Crippen LogP contribution in [0, 0.1) is 0 Å². The van der Waals surface area contributed by atoms with Crippen molar-refractivity contribution in [2.24, 2.45) is 0 Å². The number of rotatable bonds is 6. The quantitative estimate of drug-likeness (QED) is 0.856. The van der Waals surface area contributed by atoms with Crippen LogP contribution in [0.25, 0.3) is 0 Å². The smallest absolute Gasteiger partial charge is 0.103 e. The molecule has 2 saturated carbocycles. The summed E-state index contributed by atoms with van der Waals surface area (Å²) < 4.78 is 0. The maximum Gasteiger partial charge on any atom is 0.103 e. The van der Waals surface area contributed by atoms with Crippen LogP contribution >= 0.6 is 23.1 Å². The molecule has 3 rings (SSSR count). The Labute approximate surface area is 118 Å². The third kappa shape index (κ3) is 3.09. The van der Waals surface area contributed by atoms with E-state index >= 15 is 0 Å². The van der Waals surface area contributed by atoms with Crippen molar-refractivity contribution in [3.63, 3.8) is 0 Å². The van der Waals surface area contributed by atoms with Gasteiger partial charge in [0.15, 0.2) is 0 Å². The van der Waals surface area contributed by atoms with E-state index in [1.54, 1.807) is 0 Å². The lowest BCUT2D eigenvalue weighted by Crippen LogP contribution is -2.25. The van der Waals surface area contributed by atoms with Crippen LogP contribution in [0.1, 0.15) is 60.0 Å². The lowest BCUT2D eigenvalue weighted by atomic mass is 10.2. The van der Waals surface area contributed by atoms with Crippen molar-refractivity contribution >= 4 is 23.1 Å². The van der Waals surface area contributed by atoms with Crippen LogP contribution in [0.2, 0.25) is 0 Å². The van der Waals surface area contributed by atoms with Gasteiger partial charge >= 0.3 is 0 Å². The Morgan fingerprint density at radius 1 is 1.28 bits per heavy atom. The third-order valence-electron chi connectivity index (χ3n) is 3.91. The first kappa shape index (κ1) is 12.9. The molecule has 1 aromatic heterocycles. The molecule has 1 heterocycles. The highest BCUT2D eigenvalue weighted by Crippen LogP contribution is 2.43. The van der Waals surface area contributed by atoms with Crippen LogP contribution < -0.4 is 5.32 Å². The molecule has 0 saturated heterocycles. The van der Waals surface area contributed by atoms with Gasteiger partial charge in [-0.1, -0.05) is 12.8 Å². The van der Waals surface area contributed by atoms with Gasteiger partial charge in [0.05, 0.1) is 5.69 Å². The molecule has 2 aliphatic rings. The van der Waals surface area contributed by atoms with Gasteiger partial charge in [-0.05, 0) is 31.9 Å². The van der Waals surface area contributed by atoms with E-state index in [9.17, 15) is 0 Å². The van der Waals surface area contributed by atoms with E-state index in [1.165, 1.54) is 54.1 Å². The van der Waals surface area contributed by atoms with Gasteiger partial charge in [-0.25, -0.2) is 4.98 Å². The molecule has 0 spiro atoms. The van der Waals surface area contributed by atoms with Crippen molar-refractivity contribution < 1.29 is 0 Å². The zero-order valence-corrected chi connectivity index (χ0v) is 12.7. The van der Waals surface area contributed by atoms with Crippen LogP contribution in [0.5, 0.6) is 0 Å². The average Bonchev–Trinajstić information content (AvgIpc) is 2.93. The predicted octanol–water partition coefficient (Wildman–Crippen LogP) is 3.92. The highest BCUT2D eigenvalue weighted by atomic mass is 32.2. The summed E-state index contributed by atoms with van der Waals surface area (Å²) in [4.78, 5) is 6.39. The minimum absolute atomic E-state index is 0.767. The Bertz CT molecular complexity index is 392. The summed E-state index contributed by atoms with van der Waals surface area (Å²) in [5.41, 5.74) is 1.43. The van der Waals surface area contributed by atoms with Gasteiger partial charge in [-0.15, -0.1) is 11.3 Å². The SMILES string of the molecule is CSCc1nc(C2CC2)c(CNC2CCCC2)s1. The standard InChI is InChI=1S/C14H22N2S2/c1-17-9-13-16-14(10-6-7-10)12(18-13)8-15-11-4-2-3-5-11/h10-11,15H,2-9H2,1H3. The first-order chi connectivity index (χ1) is 8.86. The number of thioether (sulfide) groups is 1. The highest BCUT2D eigenvalue weighted by Gasteiger charge is 2.29. The van der Waals surface area contributed by atoms with Gasteiger partial charge in [0.2, 0.25) is 0 Å². The Hall–Kier alpha value is -0.0600. The van der Waals surface area contributed by atoms with Crippen LogP contribution in [0.4, 0.5) is 0 Å². The molecule has 1 N–H and O–H groups in total. The Morgan fingerprint density at radius 2 is 2.06 bits per heavy atom. The molecule has 4 heteroatoms. The molecule has 100 valence electrons. The molecule has 0 bridgehead atoms. The molecule has 1 aromatic rings. The summed E-state index contributed by atoms with van der Waals surface area (Å²) in [5.74, 6) is 1.87. The molecule has 0 aliphatic heterocycles. The summed E-state index contributed by atoms with van der Waals surface area (Å²) in [6.45, 7) is 1.06. The predicted molar refractivity (Wildman–Crippen MR) is 80.4 cm³/mol. The van der Waals surface area contributed by atoms with Crippen molar-refractivity contribution in [3.05, 3.63) is 15.6 Å². The van der Waals surface area contributed by atoms with Gasteiger partial charge in [-0.2, -0.15) is 11.8 Å². The summed E-state index contributed by atoms with van der Waals surface area (Å²) in [7, 11) is 0. The first-order valence-electron chi connectivity index (χ1n) is 7.07. The number of nitrogens with one attached hydrogen (secondary N) is 1. The van der Waals surface area contributed by atoms with Crippen LogP contribution in [-0.4, -0.2) is 17.3 Å². The topological polar surface area (TPSA) is 24.9 Å². The average molecular weight is 282 g/mol. The number of nitrogens with zero attached hydrogens (tertiary/aromatic N) is 1. The molecule has 0 atom stereocenters. The molecule has 0 amide bonds. The molecule has 0 aromatic carbocycles. The third-order valence-corrected chi connectivity index (χ3v) is 5.73. The van der Waals surface area contributed by atoms with Gasteiger partial charge in [0, 0.05) is 29.1 Å². The highest BCUT2D eigenvalue weighted by molar-refractivity contribution is 7.97. The number of aromatic nitrogens is 1. The largest absolute Gasteiger partial charge is 0.309 e. The number of hydrogen-bond acceptors (Lipinski definition) is 4. The monoisotopic (exact) mass is 282 g/mol. The van der Waals surface area contributed by atoms with Gasteiger partial charge in [0.1, 0.15) is 5.01 Å². The Morgan fingerprint density at radius 3 is 2.72 bits per heavy atom. The second kappa shape index (κ2) is 5.93. The zero-order chi connectivity index (χ0) is 12.4. The first-order valence-corrected chi connectivity index (χ1v) is 9.28. The molecule has 2 fully saturated rings. The van der Waals surface area contributed by atoms with E-state index in [-0.39, 0.29) is 0 Å². The van der Waals surface area contributed by atoms with Gasteiger partial charge in [0.25, 0.3) is 0 Å². The lowest BCUT2D eigenvalue weighted by molar-refractivity contribution is 0.525. The molecule has 18 heavy (non-hydrogen) atoms. The lowest BCUT2D eigenvalue weighted by Gasteiger charge is -2.11. The van der Waals surface area contributed by atoms with Crippen LogP contribution in [-0.2, 0) is 12.3 Å². The maximum absolute atomic E-state index is 4.86. The van der Waals surface area contributed by atoms with Crippen molar-refractivity contribution in [1.29, 1.82) is 0 Å². The van der Waals surface area contributed by atoms with Crippen LogP contribution in [0.15, 0.2) is 0 Å². The second-order valence-corrected chi connectivity index (χ2v) is 7.52. The van der Waals surface area contributed by atoms with Gasteiger partial charge < -0.3 is 5.32 Å². The fourth-order valence-corrected chi connectivity index (χ4v) is 4.57. The van der Waals surface area contributed by atoms with Crippen molar-refractivity contribution in [2.45, 2.75) is 62.8 Å². The van der Waals surface area contributed by atoms with Crippen molar-refractivity contribution in [2.75, 3.05) is 6.26 Å². The normalized spacial score (nSPS) is 20.7. The Kier molecular flexibility index (Phi) is 4.27. The Balaban J connectivity index is 1.64. The summed E-state index contributed by atoms with van der Waals surface area (Å²) in [6, 6.07) is 0.767. The molecule has 2 aliphatic carbocycles. The number of hydrogen-bond donors (Lipinski definition) is 1. The molecule has 0 radical (unpaired) electrons. The molecule has 2 nitrogen and oxygen atoms in total. The zero-order valence-electron chi connectivity index (χ0n) is 11.1. The fraction of sp³-hybridized carbons (Fsp3) is 0.786. The minimum Gasteiger partial charge on any atom is -0.309 e. The van der Waals surface area contributed by atoms with Crippen molar-refractivity contribution in [3.8, 4) is 0 Å². The van der Waals surface area contributed by atoms with E-state index in [2.05, 4.69) is 11.6 Å². The van der Waals surface area contributed by atoms with Gasteiger partial charge in [-0.3, -0.25) is 0 Å². The summed E-state index contributed by atoms with van der Waals surface area (Å²) in [5, 5.41) is 5.07. The fourth-order valence-electron chi connectivity index (χ4n) is 2.77. The maximum atomic E-state index is 4.86. The summed E-state index contributed by atoms with van der Waals surface area (Å²) in [6.07, 6.45) is 10.4. The molecule has 0 unspecified atom stereocenters. The minimum atomic E-state index is 0.767. The second-order valence-electron chi connectivity index (χ2n) is 5.49. The van der Waals surface area contributed by atoms with E-state index < -0.39 is 0 Å². The van der Waals surface area contributed by atoms with E-state index in [4.69, 9.17) is 4.98 Å². The number of thiazole rings is 1. The van der Waals surface area contributed by atoms with E-state index in [1.807, 2.05) is 23.1 Å². The summed E-state index contributed by atoms with van der Waals surface area (Å²) >= 11 is 3.82. The van der Waals surface area contributed by atoms with Crippen LogP contribution in [0.3, 0.4) is 0 Å². The van der Waals surface area contributed by atoms with E-state index in [0.717, 1.165) is 24.3 Å².